The fourth-order valence-corrected chi connectivity index (χ4v) is 1.70. The van der Waals surface area contributed by atoms with Crippen LogP contribution in [0.25, 0.3) is 11.1 Å². The molecule has 2 N–H and O–H groups in total. The fourth-order valence-electron chi connectivity index (χ4n) is 1.70. The van der Waals surface area contributed by atoms with E-state index in [2.05, 4.69) is 5.10 Å². The molecule has 0 aliphatic rings. The second kappa shape index (κ2) is 4.36. The van der Waals surface area contributed by atoms with Gasteiger partial charge in [0.15, 0.2) is 0 Å². The Morgan fingerprint density at radius 2 is 1.83 bits per heavy atom. The molecule has 0 amide bonds. The van der Waals surface area contributed by atoms with Gasteiger partial charge in [-0.05, 0) is 11.1 Å². The van der Waals surface area contributed by atoms with Crippen molar-refractivity contribution in [3.63, 3.8) is 0 Å². The van der Waals surface area contributed by atoms with E-state index in [1.165, 1.54) is 16.8 Å². The highest BCUT2D eigenvalue weighted by atomic mass is 19.4. The Bertz CT molecular complexity index is 541. The number of aryl methyl sites for hydroxylation is 1. The van der Waals surface area contributed by atoms with Gasteiger partial charge >= 0.3 is 6.18 Å². The van der Waals surface area contributed by atoms with Crippen molar-refractivity contribution >= 4 is 5.82 Å². The van der Waals surface area contributed by atoms with E-state index >= 15 is 0 Å². The number of nitrogen functional groups attached to an aromatic ring is 1. The molecule has 1 aromatic carbocycles. The highest BCUT2D eigenvalue weighted by Crippen LogP contribution is 2.27. The summed E-state index contributed by atoms with van der Waals surface area (Å²) in [5, 5.41) is 3.99. The van der Waals surface area contributed by atoms with Gasteiger partial charge in [0.1, 0.15) is 5.82 Å². The first-order chi connectivity index (χ1) is 8.37. The van der Waals surface area contributed by atoms with Crippen molar-refractivity contribution in [2.45, 2.75) is 12.6 Å². The standard InChI is InChI=1S/C12H12F3N3/c1-18-11(16)10(7-17-18)9-4-2-8(3-5-9)6-12(13,14)15/h2-5,7H,6,16H2,1H3. The number of halogens is 3. The van der Waals surface area contributed by atoms with Crippen molar-refractivity contribution in [2.75, 3.05) is 5.73 Å². The molecule has 0 saturated carbocycles. The molecule has 0 fully saturated rings. The third kappa shape index (κ3) is 2.64. The minimum atomic E-state index is -4.19. The Morgan fingerprint density at radius 1 is 1.22 bits per heavy atom. The van der Waals surface area contributed by atoms with Crippen molar-refractivity contribution in [3.05, 3.63) is 36.0 Å². The average molecular weight is 255 g/mol. The Hall–Kier alpha value is -1.98. The second-order valence-corrected chi connectivity index (χ2v) is 4.06. The summed E-state index contributed by atoms with van der Waals surface area (Å²) in [7, 11) is 1.71. The zero-order chi connectivity index (χ0) is 13.3. The molecule has 1 heterocycles. The number of benzene rings is 1. The van der Waals surface area contributed by atoms with Gasteiger partial charge in [0, 0.05) is 12.6 Å². The fraction of sp³-hybridized carbons (Fsp3) is 0.250. The quantitative estimate of drug-likeness (QED) is 0.896. The molecular weight excluding hydrogens is 243 g/mol. The Morgan fingerprint density at radius 3 is 2.28 bits per heavy atom. The van der Waals surface area contributed by atoms with Crippen LogP contribution in [0.2, 0.25) is 0 Å². The van der Waals surface area contributed by atoms with Crippen LogP contribution in [0.15, 0.2) is 30.5 Å². The van der Waals surface area contributed by atoms with Crippen LogP contribution in [0, 0.1) is 0 Å². The van der Waals surface area contributed by atoms with Crippen molar-refractivity contribution in [1.82, 2.24) is 9.78 Å². The first kappa shape index (κ1) is 12.5. The maximum absolute atomic E-state index is 12.2. The Balaban J connectivity index is 2.25. The summed E-state index contributed by atoms with van der Waals surface area (Å²) in [6, 6.07) is 6.15. The SMILES string of the molecule is Cn1ncc(-c2ccc(CC(F)(F)F)cc2)c1N. The molecule has 2 aromatic rings. The lowest BCUT2D eigenvalue weighted by molar-refractivity contribution is -0.127. The third-order valence-electron chi connectivity index (χ3n) is 2.65. The predicted molar refractivity (Wildman–Crippen MR) is 62.8 cm³/mol. The molecule has 0 saturated heterocycles. The molecule has 0 aliphatic heterocycles. The molecule has 0 radical (unpaired) electrons. The van der Waals surface area contributed by atoms with Crippen LogP contribution < -0.4 is 5.73 Å². The maximum Gasteiger partial charge on any atom is 0.393 e. The van der Waals surface area contributed by atoms with Gasteiger partial charge in [0.2, 0.25) is 0 Å². The highest BCUT2D eigenvalue weighted by Gasteiger charge is 2.27. The number of nitrogens with zero attached hydrogens (tertiary/aromatic N) is 2. The third-order valence-corrected chi connectivity index (χ3v) is 2.65. The Kier molecular flexibility index (Phi) is 3.02. The predicted octanol–water partition coefficient (Wildman–Crippen LogP) is 2.77. The molecule has 0 bridgehead atoms. The summed E-state index contributed by atoms with van der Waals surface area (Å²) in [4.78, 5) is 0. The van der Waals surface area contributed by atoms with Crippen LogP contribution in [-0.4, -0.2) is 16.0 Å². The van der Waals surface area contributed by atoms with Gasteiger partial charge in [0.25, 0.3) is 0 Å². The lowest BCUT2D eigenvalue weighted by Crippen LogP contribution is -2.11. The largest absolute Gasteiger partial charge is 0.393 e. The lowest BCUT2D eigenvalue weighted by atomic mass is 10.0. The molecule has 0 unspecified atom stereocenters. The summed E-state index contributed by atoms with van der Waals surface area (Å²) in [6.07, 6.45) is -3.52. The number of anilines is 1. The van der Waals surface area contributed by atoms with E-state index < -0.39 is 12.6 Å². The number of alkyl halides is 3. The van der Waals surface area contributed by atoms with Crippen LogP contribution in [0.5, 0.6) is 0 Å². The van der Waals surface area contributed by atoms with Gasteiger partial charge in [-0.3, -0.25) is 4.68 Å². The molecule has 18 heavy (non-hydrogen) atoms. The number of hydrogen-bond donors (Lipinski definition) is 1. The van der Waals surface area contributed by atoms with Gasteiger partial charge < -0.3 is 5.73 Å². The summed E-state index contributed by atoms with van der Waals surface area (Å²) in [5.74, 6) is 0.485. The van der Waals surface area contributed by atoms with Gasteiger partial charge in [-0.2, -0.15) is 18.3 Å². The molecule has 1 aromatic heterocycles. The van der Waals surface area contributed by atoms with Crippen molar-refractivity contribution in [1.29, 1.82) is 0 Å². The van der Waals surface area contributed by atoms with Crippen molar-refractivity contribution in [2.24, 2.45) is 7.05 Å². The number of aromatic nitrogens is 2. The zero-order valence-corrected chi connectivity index (χ0v) is 9.70. The van der Waals surface area contributed by atoms with Crippen LogP contribution in [0.4, 0.5) is 19.0 Å². The van der Waals surface area contributed by atoms with E-state index in [1.807, 2.05) is 0 Å². The van der Waals surface area contributed by atoms with E-state index in [-0.39, 0.29) is 5.56 Å². The molecule has 96 valence electrons. The van der Waals surface area contributed by atoms with Gasteiger partial charge in [-0.25, -0.2) is 0 Å². The minimum Gasteiger partial charge on any atom is -0.383 e. The Labute approximate surface area is 102 Å². The maximum atomic E-state index is 12.2. The van der Waals surface area contributed by atoms with Crippen LogP contribution in [0.1, 0.15) is 5.56 Å². The van der Waals surface area contributed by atoms with Gasteiger partial charge in [0.05, 0.1) is 12.6 Å². The van der Waals surface area contributed by atoms with Gasteiger partial charge in [-0.15, -0.1) is 0 Å². The molecule has 2 rings (SSSR count). The monoisotopic (exact) mass is 255 g/mol. The summed E-state index contributed by atoms with van der Waals surface area (Å²) < 4.78 is 38.1. The molecule has 3 nitrogen and oxygen atoms in total. The summed E-state index contributed by atoms with van der Waals surface area (Å²) in [5.41, 5.74) is 7.50. The average Bonchev–Trinajstić information content (AvgIpc) is 2.59. The number of rotatable bonds is 2. The first-order valence-corrected chi connectivity index (χ1v) is 5.30. The molecule has 0 aliphatic carbocycles. The van der Waals surface area contributed by atoms with E-state index in [4.69, 9.17) is 5.73 Å². The number of nitrogens with two attached hydrogens (primary N) is 1. The van der Waals surface area contributed by atoms with Crippen molar-refractivity contribution in [3.8, 4) is 11.1 Å². The van der Waals surface area contributed by atoms with Crippen LogP contribution in [-0.2, 0) is 13.5 Å². The normalized spacial score (nSPS) is 11.8. The van der Waals surface area contributed by atoms with E-state index in [0.29, 0.717) is 5.82 Å². The summed E-state index contributed by atoms with van der Waals surface area (Å²) >= 11 is 0. The van der Waals surface area contributed by atoms with E-state index in [9.17, 15) is 13.2 Å². The second-order valence-electron chi connectivity index (χ2n) is 4.06. The topological polar surface area (TPSA) is 43.8 Å². The first-order valence-electron chi connectivity index (χ1n) is 5.30. The molecule has 6 heteroatoms. The van der Waals surface area contributed by atoms with Crippen LogP contribution in [0.3, 0.4) is 0 Å². The number of hydrogen-bond acceptors (Lipinski definition) is 2. The molecular formula is C12H12F3N3. The lowest BCUT2D eigenvalue weighted by Gasteiger charge is -2.07. The van der Waals surface area contributed by atoms with E-state index in [1.54, 1.807) is 25.4 Å². The minimum absolute atomic E-state index is 0.230. The highest BCUT2D eigenvalue weighted by molar-refractivity contribution is 5.73. The molecule has 0 spiro atoms. The smallest absolute Gasteiger partial charge is 0.383 e. The van der Waals surface area contributed by atoms with Crippen molar-refractivity contribution < 1.29 is 13.2 Å². The molecule has 0 atom stereocenters. The van der Waals surface area contributed by atoms with Gasteiger partial charge in [-0.1, -0.05) is 24.3 Å². The van der Waals surface area contributed by atoms with E-state index in [0.717, 1.165) is 11.1 Å². The zero-order valence-electron chi connectivity index (χ0n) is 9.70. The van der Waals surface area contributed by atoms with Crippen LogP contribution >= 0.6 is 0 Å². The summed E-state index contributed by atoms with van der Waals surface area (Å²) in [6.45, 7) is 0.